The minimum atomic E-state index is -0.365. The van der Waals surface area contributed by atoms with Crippen LogP contribution in [0.3, 0.4) is 0 Å². The molecule has 116 valence electrons. The Bertz CT molecular complexity index is 677. The first-order chi connectivity index (χ1) is 10.3. The monoisotopic (exact) mass is 339 g/mol. The number of rotatable bonds is 4. The van der Waals surface area contributed by atoms with Crippen molar-refractivity contribution in [3.05, 3.63) is 45.2 Å². The van der Waals surface area contributed by atoms with Gasteiger partial charge in [0.05, 0.1) is 5.02 Å². The SMILES string of the molecule is Cc1cc(C)nc(NC(=O)COc2c(C)cc(Cl)cc2Cl)n1. The number of carbonyl (C=O) groups excluding carboxylic acids is 1. The molecule has 22 heavy (non-hydrogen) atoms. The van der Waals surface area contributed by atoms with E-state index in [1.54, 1.807) is 19.1 Å². The van der Waals surface area contributed by atoms with Crippen LogP contribution in [-0.4, -0.2) is 22.5 Å². The first-order valence-corrected chi connectivity index (χ1v) is 7.31. The van der Waals surface area contributed by atoms with Crippen LogP contribution < -0.4 is 10.1 Å². The van der Waals surface area contributed by atoms with E-state index in [9.17, 15) is 4.79 Å². The van der Waals surface area contributed by atoms with Gasteiger partial charge in [0.2, 0.25) is 5.95 Å². The molecule has 0 aliphatic rings. The zero-order chi connectivity index (χ0) is 16.3. The molecule has 0 radical (unpaired) electrons. The lowest BCUT2D eigenvalue weighted by Gasteiger charge is -2.11. The Labute approximate surface area is 138 Å². The Morgan fingerprint density at radius 1 is 1.14 bits per heavy atom. The maximum Gasteiger partial charge on any atom is 0.264 e. The lowest BCUT2D eigenvalue weighted by molar-refractivity contribution is -0.118. The van der Waals surface area contributed by atoms with Crippen molar-refractivity contribution in [2.45, 2.75) is 20.8 Å². The lowest BCUT2D eigenvalue weighted by atomic mass is 10.2. The average molecular weight is 340 g/mol. The van der Waals surface area contributed by atoms with Gasteiger partial charge in [0.1, 0.15) is 5.75 Å². The molecule has 0 saturated heterocycles. The molecule has 0 aliphatic carbocycles. The van der Waals surface area contributed by atoms with Gasteiger partial charge in [0, 0.05) is 16.4 Å². The maximum atomic E-state index is 11.9. The quantitative estimate of drug-likeness (QED) is 0.921. The van der Waals surface area contributed by atoms with E-state index in [0.717, 1.165) is 17.0 Å². The fourth-order valence-electron chi connectivity index (χ4n) is 1.95. The smallest absolute Gasteiger partial charge is 0.264 e. The van der Waals surface area contributed by atoms with Gasteiger partial charge >= 0.3 is 0 Å². The summed E-state index contributed by atoms with van der Waals surface area (Å²) in [5.74, 6) is 0.322. The molecular weight excluding hydrogens is 325 g/mol. The summed E-state index contributed by atoms with van der Waals surface area (Å²) in [4.78, 5) is 20.2. The van der Waals surface area contributed by atoms with Crippen LogP contribution in [0, 0.1) is 20.8 Å². The molecular formula is C15H15Cl2N3O2. The van der Waals surface area contributed by atoms with Crippen molar-refractivity contribution >= 4 is 35.1 Å². The van der Waals surface area contributed by atoms with Crippen LogP contribution in [0.5, 0.6) is 5.75 Å². The van der Waals surface area contributed by atoms with E-state index in [1.807, 2.05) is 19.9 Å². The Kier molecular flexibility index (Phi) is 5.21. The van der Waals surface area contributed by atoms with E-state index in [4.69, 9.17) is 27.9 Å². The number of nitrogens with zero attached hydrogens (tertiary/aromatic N) is 2. The molecule has 1 amide bonds. The van der Waals surface area contributed by atoms with Crippen LogP contribution in [0.2, 0.25) is 10.0 Å². The van der Waals surface area contributed by atoms with Crippen LogP contribution in [0.4, 0.5) is 5.95 Å². The predicted octanol–water partition coefficient (Wildman–Crippen LogP) is 3.73. The van der Waals surface area contributed by atoms with E-state index in [1.165, 1.54) is 0 Å². The zero-order valence-electron chi connectivity index (χ0n) is 12.4. The molecule has 0 unspecified atom stereocenters. The number of nitrogens with one attached hydrogen (secondary N) is 1. The summed E-state index contributed by atoms with van der Waals surface area (Å²) in [6.45, 7) is 5.27. The molecule has 0 fully saturated rings. The van der Waals surface area contributed by atoms with Gasteiger partial charge in [-0.1, -0.05) is 23.2 Å². The van der Waals surface area contributed by atoms with Crippen molar-refractivity contribution in [2.75, 3.05) is 11.9 Å². The molecule has 2 aromatic rings. The Morgan fingerprint density at radius 2 is 1.77 bits per heavy atom. The summed E-state index contributed by atoms with van der Waals surface area (Å²) < 4.78 is 5.46. The summed E-state index contributed by atoms with van der Waals surface area (Å²) in [5.41, 5.74) is 2.31. The van der Waals surface area contributed by atoms with Crippen LogP contribution in [0.25, 0.3) is 0 Å². The number of aromatic nitrogens is 2. The Balaban J connectivity index is 2.01. The maximum absolute atomic E-state index is 11.9. The summed E-state index contributed by atoms with van der Waals surface area (Å²) >= 11 is 11.9. The van der Waals surface area contributed by atoms with Gasteiger partial charge in [-0.3, -0.25) is 10.1 Å². The average Bonchev–Trinajstić information content (AvgIpc) is 2.35. The third-order valence-corrected chi connectivity index (χ3v) is 3.27. The van der Waals surface area contributed by atoms with Crippen LogP contribution in [-0.2, 0) is 4.79 Å². The molecule has 1 heterocycles. The Hall–Kier alpha value is -1.85. The second-order valence-electron chi connectivity index (χ2n) is 4.84. The third kappa shape index (κ3) is 4.32. The molecule has 1 N–H and O–H groups in total. The number of amides is 1. The highest BCUT2D eigenvalue weighted by molar-refractivity contribution is 6.35. The van der Waals surface area contributed by atoms with Gasteiger partial charge in [0.25, 0.3) is 5.91 Å². The van der Waals surface area contributed by atoms with Crippen molar-refractivity contribution < 1.29 is 9.53 Å². The summed E-state index contributed by atoms with van der Waals surface area (Å²) in [7, 11) is 0. The first-order valence-electron chi connectivity index (χ1n) is 6.55. The molecule has 0 aliphatic heterocycles. The van der Waals surface area contributed by atoms with Crippen molar-refractivity contribution in [1.29, 1.82) is 0 Å². The van der Waals surface area contributed by atoms with Crippen molar-refractivity contribution in [3.8, 4) is 5.75 Å². The summed E-state index contributed by atoms with van der Waals surface area (Å²) in [6, 6.07) is 5.10. The van der Waals surface area contributed by atoms with Gasteiger partial charge in [-0.2, -0.15) is 0 Å². The molecule has 0 atom stereocenters. The topological polar surface area (TPSA) is 64.1 Å². The van der Waals surface area contributed by atoms with Crippen molar-refractivity contribution in [2.24, 2.45) is 0 Å². The normalized spacial score (nSPS) is 10.4. The molecule has 0 spiro atoms. The van der Waals surface area contributed by atoms with E-state index in [-0.39, 0.29) is 18.5 Å². The molecule has 0 saturated carbocycles. The number of ether oxygens (including phenoxy) is 1. The number of benzene rings is 1. The van der Waals surface area contributed by atoms with E-state index in [0.29, 0.717) is 15.8 Å². The molecule has 1 aromatic heterocycles. The summed E-state index contributed by atoms with van der Waals surface area (Å²) in [5, 5.41) is 3.47. The first kappa shape index (κ1) is 16.5. The van der Waals surface area contributed by atoms with Gasteiger partial charge in [0.15, 0.2) is 6.61 Å². The predicted molar refractivity (Wildman–Crippen MR) is 86.8 cm³/mol. The van der Waals surface area contributed by atoms with Crippen LogP contribution in [0.1, 0.15) is 17.0 Å². The number of hydrogen-bond donors (Lipinski definition) is 1. The fourth-order valence-corrected chi connectivity index (χ4v) is 2.60. The largest absolute Gasteiger partial charge is 0.482 e. The number of halogens is 2. The Morgan fingerprint density at radius 3 is 2.36 bits per heavy atom. The molecule has 2 rings (SSSR count). The van der Waals surface area contributed by atoms with E-state index < -0.39 is 0 Å². The van der Waals surface area contributed by atoms with Gasteiger partial charge < -0.3 is 4.74 Å². The second-order valence-corrected chi connectivity index (χ2v) is 5.69. The standard InChI is InChI=1S/C15H15Cl2N3O2/c1-8-4-11(16)6-12(17)14(8)22-7-13(21)20-15-18-9(2)5-10(3)19-15/h4-6H,7H2,1-3H3,(H,18,19,20,21). The summed E-state index contributed by atoms with van der Waals surface area (Å²) in [6.07, 6.45) is 0. The zero-order valence-corrected chi connectivity index (χ0v) is 13.9. The third-order valence-electron chi connectivity index (χ3n) is 2.78. The number of aryl methyl sites for hydroxylation is 3. The molecule has 7 heteroatoms. The fraction of sp³-hybridized carbons (Fsp3) is 0.267. The number of anilines is 1. The molecule has 1 aromatic carbocycles. The number of hydrogen-bond acceptors (Lipinski definition) is 4. The molecule has 0 bridgehead atoms. The number of carbonyl (C=O) groups is 1. The van der Waals surface area contributed by atoms with Gasteiger partial charge in [-0.15, -0.1) is 0 Å². The van der Waals surface area contributed by atoms with Gasteiger partial charge in [-0.25, -0.2) is 9.97 Å². The molecule has 5 nitrogen and oxygen atoms in total. The highest BCUT2D eigenvalue weighted by atomic mass is 35.5. The van der Waals surface area contributed by atoms with Gasteiger partial charge in [-0.05, 0) is 44.5 Å². The van der Waals surface area contributed by atoms with Crippen molar-refractivity contribution in [3.63, 3.8) is 0 Å². The van der Waals surface area contributed by atoms with Crippen molar-refractivity contribution in [1.82, 2.24) is 9.97 Å². The second kappa shape index (κ2) is 6.94. The lowest BCUT2D eigenvalue weighted by Crippen LogP contribution is -2.22. The highest BCUT2D eigenvalue weighted by Crippen LogP contribution is 2.31. The van der Waals surface area contributed by atoms with Crippen LogP contribution >= 0.6 is 23.2 Å². The minimum absolute atomic E-state index is 0.196. The highest BCUT2D eigenvalue weighted by Gasteiger charge is 2.11. The van der Waals surface area contributed by atoms with Crippen LogP contribution in [0.15, 0.2) is 18.2 Å². The van der Waals surface area contributed by atoms with E-state index in [2.05, 4.69) is 15.3 Å². The minimum Gasteiger partial charge on any atom is -0.482 e. The van der Waals surface area contributed by atoms with E-state index >= 15 is 0 Å².